The van der Waals surface area contributed by atoms with Crippen molar-refractivity contribution in [2.75, 3.05) is 19.7 Å². The van der Waals surface area contributed by atoms with Crippen LogP contribution in [0.15, 0.2) is 12.2 Å². The summed E-state index contributed by atoms with van der Waals surface area (Å²) < 4.78 is 5.27. The van der Waals surface area contributed by atoms with E-state index < -0.39 is 0 Å². The number of ether oxygens (including phenoxy) is 1. The van der Waals surface area contributed by atoms with Crippen molar-refractivity contribution < 1.29 is 9.53 Å². The zero-order valence-electron chi connectivity index (χ0n) is 11.1. The molecule has 0 aromatic rings. The van der Waals surface area contributed by atoms with Gasteiger partial charge in [-0.05, 0) is 19.3 Å². The smallest absolute Gasteiger partial charge is 0.323 e. The summed E-state index contributed by atoms with van der Waals surface area (Å²) in [5.41, 5.74) is 5.71. The summed E-state index contributed by atoms with van der Waals surface area (Å²) >= 11 is 0. The molecular weight excluding hydrogens is 216 g/mol. The summed E-state index contributed by atoms with van der Waals surface area (Å²) in [6.45, 7) is 7.85. The van der Waals surface area contributed by atoms with Crippen LogP contribution >= 0.6 is 0 Å². The summed E-state index contributed by atoms with van der Waals surface area (Å²) in [5.74, 6) is 0.227. The lowest BCUT2D eigenvalue weighted by Crippen LogP contribution is -2.50. The molecule has 1 heterocycles. The van der Waals surface area contributed by atoms with Crippen molar-refractivity contribution in [1.29, 1.82) is 0 Å². The normalized spacial score (nSPS) is 22.8. The number of esters is 1. The predicted octanol–water partition coefficient (Wildman–Crippen LogP) is 1.16. The molecule has 0 spiro atoms. The molecule has 0 fully saturated rings. The largest absolute Gasteiger partial charge is 0.464 e. The molecule has 4 nitrogen and oxygen atoms in total. The zero-order chi connectivity index (χ0) is 12.8. The van der Waals surface area contributed by atoms with Crippen LogP contribution in [0.4, 0.5) is 0 Å². The molecule has 98 valence electrons. The summed E-state index contributed by atoms with van der Waals surface area (Å²) in [6.07, 6.45) is 5.17. The molecule has 2 unspecified atom stereocenters. The minimum Gasteiger partial charge on any atom is -0.464 e. The van der Waals surface area contributed by atoms with Crippen LogP contribution in [0, 0.1) is 5.92 Å². The number of carbonyl (C=O) groups is 1. The first-order valence-electron chi connectivity index (χ1n) is 6.35. The van der Waals surface area contributed by atoms with Gasteiger partial charge in [-0.2, -0.15) is 0 Å². The molecule has 1 rings (SSSR count). The molecule has 4 heteroatoms. The number of rotatable bonds is 5. The Hall–Kier alpha value is -0.870. The highest BCUT2D eigenvalue weighted by Gasteiger charge is 2.28. The Morgan fingerprint density at radius 2 is 2.24 bits per heavy atom. The van der Waals surface area contributed by atoms with E-state index in [0.717, 1.165) is 13.0 Å². The standard InChI is InChI=1S/C13H24N2O2/c1-10(2)9-17-13(16)11(3)15-7-5-4-6-12(15)8-14/h4,6,10-12H,5,7-9,14H2,1-3H3. The van der Waals surface area contributed by atoms with E-state index in [9.17, 15) is 4.79 Å². The Labute approximate surface area is 104 Å². The number of hydrogen-bond donors (Lipinski definition) is 1. The summed E-state index contributed by atoms with van der Waals surface area (Å²) in [5, 5.41) is 0. The monoisotopic (exact) mass is 240 g/mol. The highest BCUT2D eigenvalue weighted by molar-refractivity contribution is 5.75. The molecule has 0 aromatic heterocycles. The SMILES string of the molecule is CC(C)COC(=O)C(C)N1CCC=CC1CN. The molecule has 0 saturated carbocycles. The van der Waals surface area contributed by atoms with Crippen LogP contribution in [-0.4, -0.2) is 42.6 Å². The van der Waals surface area contributed by atoms with E-state index in [1.807, 2.05) is 20.8 Å². The fourth-order valence-electron chi connectivity index (χ4n) is 1.95. The first-order chi connectivity index (χ1) is 8.06. The summed E-state index contributed by atoms with van der Waals surface area (Å²) in [4.78, 5) is 14.0. The van der Waals surface area contributed by atoms with Gasteiger partial charge in [0.25, 0.3) is 0 Å². The van der Waals surface area contributed by atoms with Crippen molar-refractivity contribution in [3.05, 3.63) is 12.2 Å². The Morgan fingerprint density at radius 1 is 1.53 bits per heavy atom. The molecule has 1 aliphatic heterocycles. The quantitative estimate of drug-likeness (QED) is 0.579. The third kappa shape index (κ3) is 4.13. The van der Waals surface area contributed by atoms with E-state index in [1.54, 1.807) is 0 Å². The summed E-state index contributed by atoms with van der Waals surface area (Å²) in [6, 6.07) is -0.0578. The Kier molecular flexibility index (Phi) is 5.65. The van der Waals surface area contributed by atoms with Crippen molar-refractivity contribution in [2.45, 2.75) is 39.3 Å². The van der Waals surface area contributed by atoms with Gasteiger partial charge in [-0.25, -0.2) is 0 Å². The van der Waals surface area contributed by atoms with Crippen molar-refractivity contribution in [2.24, 2.45) is 11.7 Å². The van der Waals surface area contributed by atoms with Crippen LogP contribution in [0.5, 0.6) is 0 Å². The molecule has 17 heavy (non-hydrogen) atoms. The van der Waals surface area contributed by atoms with E-state index in [1.165, 1.54) is 0 Å². The molecular formula is C13H24N2O2. The van der Waals surface area contributed by atoms with Crippen molar-refractivity contribution >= 4 is 5.97 Å². The maximum Gasteiger partial charge on any atom is 0.323 e. The first-order valence-corrected chi connectivity index (χ1v) is 6.35. The van der Waals surface area contributed by atoms with Crippen molar-refractivity contribution in [3.8, 4) is 0 Å². The molecule has 0 aliphatic carbocycles. The van der Waals surface area contributed by atoms with Gasteiger partial charge in [-0.3, -0.25) is 9.69 Å². The maximum atomic E-state index is 11.9. The van der Waals surface area contributed by atoms with Crippen LogP contribution in [0.3, 0.4) is 0 Å². The lowest BCUT2D eigenvalue weighted by Gasteiger charge is -2.35. The van der Waals surface area contributed by atoms with E-state index in [2.05, 4.69) is 17.1 Å². The predicted molar refractivity (Wildman–Crippen MR) is 68.6 cm³/mol. The van der Waals surface area contributed by atoms with Gasteiger partial charge in [-0.15, -0.1) is 0 Å². The van der Waals surface area contributed by atoms with Gasteiger partial charge in [0.05, 0.1) is 6.61 Å². The molecule has 2 atom stereocenters. The minimum absolute atomic E-state index is 0.146. The van der Waals surface area contributed by atoms with E-state index >= 15 is 0 Å². The van der Waals surface area contributed by atoms with E-state index in [-0.39, 0.29) is 18.1 Å². The average Bonchev–Trinajstić information content (AvgIpc) is 2.34. The number of nitrogens with two attached hydrogens (primary N) is 1. The highest BCUT2D eigenvalue weighted by atomic mass is 16.5. The molecule has 2 N–H and O–H groups in total. The lowest BCUT2D eigenvalue weighted by molar-refractivity contribution is -0.151. The molecule has 1 aliphatic rings. The number of carbonyl (C=O) groups excluding carboxylic acids is 1. The molecule has 0 amide bonds. The zero-order valence-corrected chi connectivity index (χ0v) is 11.1. The minimum atomic E-state index is -0.216. The third-order valence-electron chi connectivity index (χ3n) is 2.98. The fourth-order valence-corrected chi connectivity index (χ4v) is 1.95. The Balaban J connectivity index is 2.52. The van der Waals surface area contributed by atoms with Crippen LogP contribution in [-0.2, 0) is 9.53 Å². The maximum absolute atomic E-state index is 11.9. The highest BCUT2D eigenvalue weighted by Crippen LogP contribution is 2.14. The fraction of sp³-hybridized carbons (Fsp3) is 0.769. The van der Waals surface area contributed by atoms with Crippen LogP contribution < -0.4 is 5.73 Å². The van der Waals surface area contributed by atoms with Gasteiger partial charge in [0.15, 0.2) is 0 Å². The topological polar surface area (TPSA) is 55.6 Å². The third-order valence-corrected chi connectivity index (χ3v) is 2.98. The second kappa shape index (κ2) is 6.77. The van der Waals surface area contributed by atoms with Crippen LogP contribution in [0.2, 0.25) is 0 Å². The second-order valence-electron chi connectivity index (χ2n) is 4.96. The van der Waals surface area contributed by atoms with Crippen LogP contribution in [0.1, 0.15) is 27.2 Å². The van der Waals surface area contributed by atoms with Gasteiger partial charge in [0.1, 0.15) is 6.04 Å². The molecule has 0 bridgehead atoms. The van der Waals surface area contributed by atoms with E-state index in [4.69, 9.17) is 10.5 Å². The van der Waals surface area contributed by atoms with Gasteiger partial charge < -0.3 is 10.5 Å². The molecule has 0 radical (unpaired) electrons. The number of nitrogens with zero attached hydrogens (tertiary/aromatic N) is 1. The number of hydrogen-bond acceptors (Lipinski definition) is 4. The molecule has 0 aromatic carbocycles. The second-order valence-corrected chi connectivity index (χ2v) is 4.96. The van der Waals surface area contributed by atoms with Crippen molar-refractivity contribution in [3.63, 3.8) is 0 Å². The van der Waals surface area contributed by atoms with Crippen molar-refractivity contribution in [1.82, 2.24) is 4.90 Å². The molecule has 0 saturated heterocycles. The van der Waals surface area contributed by atoms with Gasteiger partial charge in [0.2, 0.25) is 0 Å². The Morgan fingerprint density at radius 3 is 2.82 bits per heavy atom. The van der Waals surface area contributed by atoms with Gasteiger partial charge in [-0.1, -0.05) is 26.0 Å². The first kappa shape index (κ1) is 14.2. The Bertz CT molecular complexity index is 277. The average molecular weight is 240 g/mol. The van der Waals surface area contributed by atoms with E-state index in [0.29, 0.717) is 19.1 Å². The van der Waals surface area contributed by atoms with Gasteiger partial charge >= 0.3 is 5.97 Å². The summed E-state index contributed by atoms with van der Waals surface area (Å²) in [7, 11) is 0. The van der Waals surface area contributed by atoms with Crippen LogP contribution in [0.25, 0.3) is 0 Å². The lowest BCUT2D eigenvalue weighted by atomic mass is 10.1. The van der Waals surface area contributed by atoms with Gasteiger partial charge in [0, 0.05) is 19.1 Å².